The van der Waals surface area contributed by atoms with Gasteiger partial charge in [0.1, 0.15) is 0 Å². The fourth-order valence-corrected chi connectivity index (χ4v) is 1.49. The second-order valence-electron chi connectivity index (χ2n) is 3.36. The molecule has 1 rings (SSSR count). The lowest BCUT2D eigenvalue weighted by Gasteiger charge is -2.09. The second kappa shape index (κ2) is 6.04. The van der Waals surface area contributed by atoms with E-state index in [0.29, 0.717) is 6.10 Å². The van der Waals surface area contributed by atoms with Crippen LogP contribution in [0.3, 0.4) is 0 Å². The second-order valence-corrected chi connectivity index (χ2v) is 4.27. The smallest absolute Gasteiger partial charge is 0.0642 e. The number of nitrogens with one attached hydrogen (secondary N) is 1. The highest BCUT2D eigenvalue weighted by Gasteiger charge is 1.94. The van der Waals surface area contributed by atoms with Gasteiger partial charge >= 0.3 is 0 Å². The highest BCUT2D eigenvalue weighted by atomic mass is 79.9. The van der Waals surface area contributed by atoms with Gasteiger partial charge in [0.05, 0.1) is 12.7 Å². The summed E-state index contributed by atoms with van der Waals surface area (Å²) < 4.78 is 6.51. The minimum atomic E-state index is 0.305. The normalized spacial score (nSPS) is 10.6. The summed E-state index contributed by atoms with van der Waals surface area (Å²) in [6, 6.07) is 8.11. The molecule has 14 heavy (non-hydrogen) atoms. The maximum absolute atomic E-state index is 5.42. The lowest BCUT2D eigenvalue weighted by Crippen LogP contribution is -2.13. The lowest BCUT2D eigenvalue weighted by molar-refractivity contribution is 0.0870. The Bertz CT molecular complexity index is 276. The number of ether oxygens (including phenoxy) is 1. The van der Waals surface area contributed by atoms with E-state index in [1.807, 2.05) is 32.0 Å². The van der Waals surface area contributed by atoms with E-state index in [2.05, 4.69) is 27.3 Å². The van der Waals surface area contributed by atoms with Crippen LogP contribution in [0.1, 0.15) is 13.8 Å². The minimum absolute atomic E-state index is 0.305. The number of hydrogen-bond acceptors (Lipinski definition) is 2. The van der Waals surface area contributed by atoms with E-state index in [9.17, 15) is 0 Å². The van der Waals surface area contributed by atoms with Crippen LogP contribution in [-0.4, -0.2) is 19.3 Å². The molecule has 0 aliphatic carbocycles. The Morgan fingerprint density at radius 2 is 2.21 bits per heavy atom. The standard InChI is InChI=1S/C11H16BrNO/c1-9(2)14-7-6-13-11-5-3-4-10(12)8-11/h3-5,8-9,13H,6-7H2,1-2H3. The molecule has 0 unspecified atom stereocenters. The molecule has 0 radical (unpaired) electrons. The summed E-state index contributed by atoms with van der Waals surface area (Å²) in [4.78, 5) is 0. The van der Waals surface area contributed by atoms with Gasteiger partial charge < -0.3 is 10.1 Å². The summed E-state index contributed by atoms with van der Waals surface area (Å²) in [6.45, 7) is 5.66. The third kappa shape index (κ3) is 4.63. The SMILES string of the molecule is CC(C)OCCNc1cccc(Br)c1. The topological polar surface area (TPSA) is 21.3 Å². The van der Waals surface area contributed by atoms with Crippen LogP contribution in [0.5, 0.6) is 0 Å². The van der Waals surface area contributed by atoms with Crippen LogP contribution < -0.4 is 5.32 Å². The number of hydrogen-bond donors (Lipinski definition) is 1. The van der Waals surface area contributed by atoms with E-state index in [1.165, 1.54) is 0 Å². The molecule has 1 N–H and O–H groups in total. The molecule has 78 valence electrons. The Morgan fingerprint density at radius 3 is 2.86 bits per heavy atom. The van der Waals surface area contributed by atoms with Crippen LogP contribution in [0.25, 0.3) is 0 Å². The summed E-state index contributed by atoms with van der Waals surface area (Å²) in [5.74, 6) is 0. The highest BCUT2D eigenvalue weighted by Crippen LogP contribution is 2.15. The van der Waals surface area contributed by atoms with Gasteiger partial charge in [-0.15, -0.1) is 0 Å². The molecule has 0 bridgehead atoms. The Labute approximate surface area is 93.8 Å². The first-order valence-electron chi connectivity index (χ1n) is 4.79. The summed E-state index contributed by atoms with van der Waals surface area (Å²) in [6.07, 6.45) is 0.305. The molecular formula is C11H16BrNO. The van der Waals surface area contributed by atoms with Crippen molar-refractivity contribution in [3.63, 3.8) is 0 Å². The van der Waals surface area contributed by atoms with Gasteiger partial charge in [0, 0.05) is 16.7 Å². The molecule has 0 spiro atoms. The molecule has 2 nitrogen and oxygen atoms in total. The first-order valence-corrected chi connectivity index (χ1v) is 5.59. The number of benzene rings is 1. The Hall–Kier alpha value is -0.540. The maximum Gasteiger partial charge on any atom is 0.0642 e. The van der Waals surface area contributed by atoms with Crippen molar-refractivity contribution >= 4 is 21.6 Å². The summed E-state index contributed by atoms with van der Waals surface area (Å²) >= 11 is 3.42. The average molecular weight is 258 g/mol. The molecule has 0 amide bonds. The largest absolute Gasteiger partial charge is 0.383 e. The monoisotopic (exact) mass is 257 g/mol. The van der Waals surface area contributed by atoms with Gasteiger partial charge in [-0.05, 0) is 32.0 Å². The zero-order chi connectivity index (χ0) is 10.4. The van der Waals surface area contributed by atoms with Crippen molar-refractivity contribution in [1.82, 2.24) is 0 Å². The van der Waals surface area contributed by atoms with E-state index in [0.717, 1.165) is 23.3 Å². The van der Waals surface area contributed by atoms with E-state index >= 15 is 0 Å². The maximum atomic E-state index is 5.42. The first kappa shape index (κ1) is 11.5. The molecule has 0 fully saturated rings. The quantitative estimate of drug-likeness (QED) is 0.818. The van der Waals surface area contributed by atoms with Crippen molar-refractivity contribution in [3.8, 4) is 0 Å². The molecule has 1 aromatic carbocycles. The van der Waals surface area contributed by atoms with Crippen LogP contribution in [0, 0.1) is 0 Å². The van der Waals surface area contributed by atoms with Crippen molar-refractivity contribution in [3.05, 3.63) is 28.7 Å². The first-order chi connectivity index (χ1) is 6.68. The van der Waals surface area contributed by atoms with Gasteiger partial charge in [-0.1, -0.05) is 22.0 Å². The van der Waals surface area contributed by atoms with Gasteiger partial charge in [0.2, 0.25) is 0 Å². The van der Waals surface area contributed by atoms with E-state index in [4.69, 9.17) is 4.74 Å². The number of rotatable bonds is 5. The number of halogens is 1. The Morgan fingerprint density at radius 1 is 1.43 bits per heavy atom. The van der Waals surface area contributed by atoms with E-state index in [-0.39, 0.29) is 0 Å². The molecule has 0 aromatic heterocycles. The summed E-state index contributed by atoms with van der Waals surface area (Å²) in [5.41, 5.74) is 1.12. The van der Waals surface area contributed by atoms with Crippen LogP contribution in [-0.2, 0) is 4.74 Å². The van der Waals surface area contributed by atoms with Gasteiger partial charge in [-0.2, -0.15) is 0 Å². The Kier molecular flexibility index (Phi) is 4.98. The fourth-order valence-electron chi connectivity index (χ4n) is 1.09. The van der Waals surface area contributed by atoms with Crippen LogP contribution in [0.15, 0.2) is 28.7 Å². The van der Waals surface area contributed by atoms with Crippen molar-refractivity contribution in [2.75, 3.05) is 18.5 Å². The lowest BCUT2D eigenvalue weighted by atomic mass is 10.3. The molecule has 0 saturated carbocycles. The van der Waals surface area contributed by atoms with Crippen LogP contribution in [0.2, 0.25) is 0 Å². The molecule has 0 atom stereocenters. The van der Waals surface area contributed by atoms with Crippen molar-refractivity contribution in [1.29, 1.82) is 0 Å². The highest BCUT2D eigenvalue weighted by molar-refractivity contribution is 9.10. The van der Waals surface area contributed by atoms with Crippen molar-refractivity contribution < 1.29 is 4.74 Å². The van der Waals surface area contributed by atoms with E-state index in [1.54, 1.807) is 0 Å². The van der Waals surface area contributed by atoms with Crippen LogP contribution >= 0.6 is 15.9 Å². The third-order valence-corrected chi connectivity index (χ3v) is 2.20. The number of anilines is 1. The van der Waals surface area contributed by atoms with Gasteiger partial charge in [0.25, 0.3) is 0 Å². The average Bonchev–Trinajstić information content (AvgIpc) is 2.12. The fraction of sp³-hybridized carbons (Fsp3) is 0.455. The summed E-state index contributed by atoms with van der Waals surface area (Å²) in [5, 5.41) is 3.29. The van der Waals surface area contributed by atoms with Gasteiger partial charge in [0.15, 0.2) is 0 Å². The van der Waals surface area contributed by atoms with Gasteiger partial charge in [-0.25, -0.2) is 0 Å². The predicted octanol–water partition coefficient (Wildman–Crippen LogP) is 3.29. The summed E-state index contributed by atoms with van der Waals surface area (Å²) in [7, 11) is 0. The zero-order valence-electron chi connectivity index (χ0n) is 8.59. The molecule has 0 saturated heterocycles. The third-order valence-electron chi connectivity index (χ3n) is 1.71. The Balaban J connectivity index is 2.25. The molecule has 3 heteroatoms. The predicted molar refractivity (Wildman–Crippen MR) is 63.7 cm³/mol. The molecular weight excluding hydrogens is 242 g/mol. The molecule has 0 heterocycles. The van der Waals surface area contributed by atoms with Crippen molar-refractivity contribution in [2.45, 2.75) is 20.0 Å². The molecule has 0 aliphatic rings. The molecule has 0 aliphatic heterocycles. The minimum Gasteiger partial charge on any atom is -0.383 e. The van der Waals surface area contributed by atoms with Gasteiger partial charge in [-0.3, -0.25) is 0 Å². The van der Waals surface area contributed by atoms with E-state index < -0.39 is 0 Å². The van der Waals surface area contributed by atoms with Crippen LogP contribution in [0.4, 0.5) is 5.69 Å². The zero-order valence-corrected chi connectivity index (χ0v) is 10.2. The van der Waals surface area contributed by atoms with Crippen molar-refractivity contribution in [2.24, 2.45) is 0 Å². The molecule has 1 aromatic rings.